The maximum Gasteiger partial charge on any atom is 0.252 e. The van der Waals surface area contributed by atoms with Gasteiger partial charge in [0.1, 0.15) is 11.6 Å². The first kappa shape index (κ1) is 19.6. The molecule has 0 aliphatic carbocycles. The van der Waals surface area contributed by atoms with Gasteiger partial charge in [0.25, 0.3) is 5.91 Å². The Morgan fingerprint density at radius 1 is 1.11 bits per heavy atom. The molecule has 6 nitrogen and oxygen atoms in total. The normalized spacial score (nSPS) is 12.2. The van der Waals surface area contributed by atoms with Gasteiger partial charge in [0, 0.05) is 24.2 Å². The van der Waals surface area contributed by atoms with Crippen LogP contribution in [-0.4, -0.2) is 22.8 Å². The van der Waals surface area contributed by atoms with Gasteiger partial charge in [0.15, 0.2) is 11.5 Å². The zero-order valence-electron chi connectivity index (χ0n) is 16.6. The third-order valence-corrected chi connectivity index (χ3v) is 4.48. The fraction of sp³-hybridized carbons (Fsp3) is 0.318. The monoisotopic (exact) mass is 379 g/mol. The molecule has 0 spiro atoms. The Labute approximate surface area is 164 Å². The van der Waals surface area contributed by atoms with Crippen molar-refractivity contribution in [3.8, 4) is 0 Å². The van der Waals surface area contributed by atoms with E-state index < -0.39 is 6.04 Å². The lowest BCUT2D eigenvalue weighted by molar-refractivity contribution is -0.118. The van der Waals surface area contributed by atoms with E-state index in [0.29, 0.717) is 29.1 Å². The molecule has 0 fully saturated rings. The molecule has 0 saturated carbocycles. The molecule has 2 N–H and O–H groups in total. The predicted molar refractivity (Wildman–Crippen MR) is 109 cm³/mol. The van der Waals surface area contributed by atoms with E-state index in [4.69, 9.17) is 4.42 Å². The minimum Gasteiger partial charge on any atom is -0.441 e. The number of nitrogens with zero attached hydrogens (tertiary/aromatic N) is 1. The number of oxazole rings is 1. The number of rotatable bonds is 6. The van der Waals surface area contributed by atoms with Gasteiger partial charge in [-0.25, -0.2) is 4.98 Å². The van der Waals surface area contributed by atoms with Crippen molar-refractivity contribution in [2.45, 2.75) is 40.2 Å². The number of carbonyl (C=O) groups is 2. The van der Waals surface area contributed by atoms with Gasteiger partial charge in [0.2, 0.25) is 5.91 Å². The highest BCUT2D eigenvalue weighted by molar-refractivity contribution is 6.02. The molecule has 0 radical (unpaired) electrons. The van der Waals surface area contributed by atoms with Crippen molar-refractivity contribution in [3.63, 3.8) is 0 Å². The van der Waals surface area contributed by atoms with Crippen LogP contribution in [0.5, 0.6) is 0 Å². The first-order valence-electron chi connectivity index (χ1n) is 9.38. The Bertz CT molecular complexity index is 1010. The second kappa shape index (κ2) is 8.25. The van der Waals surface area contributed by atoms with Gasteiger partial charge in [0.05, 0.1) is 0 Å². The molecule has 2 aromatic carbocycles. The second-order valence-electron chi connectivity index (χ2n) is 7.38. The van der Waals surface area contributed by atoms with Crippen molar-refractivity contribution < 1.29 is 14.0 Å². The fourth-order valence-electron chi connectivity index (χ4n) is 3.11. The summed E-state index contributed by atoms with van der Waals surface area (Å²) in [7, 11) is 0. The number of benzene rings is 2. The number of amides is 2. The molecular formula is C22H25N3O3. The van der Waals surface area contributed by atoms with E-state index in [0.717, 1.165) is 11.1 Å². The number of nitrogens with one attached hydrogen (secondary N) is 2. The Balaban J connectivity index is 1.76. The average Bonchev–Trinajstić information content (AvgIpc) is 3.00. The zero-order valence-corrected chi connectivity index (χ0v) is 16.6. The van der Waals surface area contributed by atoms with Crippen molar-refractivity contribution in [1.29, 1.82) is 0 Å². The number of anilines is 1. The molecule has 6 heteroatoms. The van der Waals surface area contributed by atoms with Crippen molar-refractivity contribution in [3.05, 3.63) is 59.5 Å². The maximum absolute atomic E-state index is 12.9. The summed E-state index contributed by atoms with van der Waals surface area (Å²) in [5.41, 5.74) is 3.40. The van der Waals surface area contributed by atoms with Gasteiger partial charge < -0.3 is 15.1 Å². The van der Waals surface area contributed by atoms with Crippen LogP contribution in [0.1, 0.15) is 42.1 Å². The Hall–Kier alpha value is -3.15. The summed E-state index contributed by atoms with van der Waals surface area (Å²) in [6.45, 7) is 7.69. The summed E-state index contributed by atoms with van der Waals surface area (Å²) in [4.78, 5) is 29.8. The molecule has 28 heavy (non-hydrogen) atoms. The first-order valence-corrected chi connectivity index (χ1v) is 9.38. The summed E-state index contributed by atoms with van der Waals surface area (Å²) in [6.07, 6.45) is 0.535. The number of aryl methyl sites for hydroxylation is 2. The minimum atomic E-state index is -0.640. The van der Waals surface area contributed by atoms with Gasteiger partial charge in [-0.3, -0.25) is 9.59 Å². The van der Waals surface area contributed by atoms with Crippen LogP contribution in [-0.2, 0) is 4.79 Å². The van der Waals surface area contributed by atoms with Crippen LogP contribution in [0.2, 0.25) is 0 Å². The summed E-state index contributed by atoms with van der Waals surface area (Å²) < 4.78 is 5.52. The van der Waals surface area contributed by atoms with Gasteiger partial charge in [-0.1, -0.05) is 32.0 Å². The molecule has 1 unspecified atom stereocenters. The van der Waals surface area contributed by atoms with E-state index in [1.165, 1.54) is 0 Å². The summed E-state index contributed by atoms with van der Waals surface area (Å²) >= 11 is 0. The van der Waals surface area contributed by atoms with Crippen LogP contribution in [0.25, 0.3) is 11.1 Å². The van der Waals surface area contributed by atoms with Crippen LogP contribution < -0.4 is 10.6 Å². The minimum absolute atomic E-state index is 0.243. The standard InChI is InChI=1S/C22H25N3O3/c1-13(2)11-19(25-21(26)17-8-6-5-7-14(17)3)22(27)24-16-9-10-18-20(12-16)28-15(4)23-18/h5-10,12-13,19H,11H2,1-4H3,(H,24,27)(H,25,26). The molecule has 1 atom stereocenters. The Morgan fingerprint density at radius 3 is 2.57 bits per heavy atom. The van der Waals surface area contributed by atoms with E-state index in [9.17, 15) is 9.59 Å². The molecule has 146 valence electrons. The van der Waals surface area contributed by atoms with E-state index in [1.807, 2.05) is 39.0 Å². The molecule has 0 bridgehead atoms. The lowest BCUT2D eigenvalue weighted by Gasteiger charge is -2.20. The van der Waals surface area contributed by atoms with Gasteiger partial charge in [-0.2, -0.15) is 0 Å². The number of aromatic nitrogens is 1. The Kier molecular flexibility index (Phi) is 5.78. The predicted octanol–water partition coefficient (Wildman–Crippen LogP) is 4.23. The summed E-state index contributed by atoms with van der Waals surface area (Å²) in [6, 6.07) is 12.0. The molecule has 0 aliphatic heterocycles. The average molecular weight is 379 g/mol. The Morgan fingerprint density at radius 2 is 1.86 bits per heavy atom. The SMILES string of the molecule is Cc1nc2ccc(NC(=O)C(CC(C)C)NC(=O)c3ccccc3C)cc2o1. The molecule has 2 amide bonds. The lowest BCUT2D eigenvalue weighted by atomic mass is 10.0. The third kappa shape index (κ3) is 4.57. The molecule has 0 saturated heterocycles. The van der Waals surface area contributed by atoms with E-state index in [1.54, 1.807) is 31.2 Å². The van der Waals surface area contributed by atoms with Crippen LogP contribution in [0.15, 0.2) is 46.9 Å². The summed E-state index contributed by atoms with van der Waals surface area (Å²) in [5.74, 6) is 0.306. The quantitative estimate of drug-likeness (QED) is 0.671. The van der Waals surface area contributed by atoms with E-state index in [-0.39, 0.29) is 17.7 Å². The van der Waals surface area contributed by atoms with Gasteiger partial charge in [-0.15, -0.1) is 0 Å². The highest BCUT2D eigenvalue weighted by Crippen LogP contribution is 2.20. The van der Waals surface area contributed by atoms with Crippen molar-refractivity contribution >= 4 is 28.6 Å². The van der Waals surface area contributed by atoms with Crippen LogP contribution in [0.3, 0.4) is 0 Å². The highest BCUT2D eigenvalue weighted by atomic mass is 16.3. The molecule has 3 rings (SSSR count). The van der Waals surface area contributed by atoms with Crippen LogP contribution in [0.4, 0.5) is 5.69 Å². The molecule has 1 aromatic heterocycles. The van der Waals surface area contributed by atoms with Gasteiger partial charge >= 0.3 is 0 Å². The van der Waals surface area contributed by atoms with Crippen molar-refractivity contribution in [2.75, 3.05) is 5.32 Å². The highest BCUT2D eigenvalue weighted by Gasteiger charge is 2.23. The van der Waals surface area contributed by atoms with Gasteiger partial charge in [-0.05, 0) is 43.0 Å². The topological polar surface area (TPSA) is 84.2 Å². The lowest BCUT2D eigenvalue weighted by Crippen LogP contribution is -2.44. The molecule has 1 heterocycles. The molecule has 0 aliphatic rings. The zero-order chi connectivity index (χ0) is 20.3. The van der Waals surface area contributed by atoms with Crippen LogP contribution >= 0.6 is 0 Å². The third-order valence-electron chi connectivity index (χ3n) is 4.48. The molecular weight excluding hydrogens is 354 g/mol. The van der Waals surface area contributed by atoms with E-state index in [2.05, 4.69) is 15.6 Å². The first-order chi connectivity index (χ1) is 13.3. The second-order valence-corrected chi connectivity index (χ2v) is 7.38. The number of fused-ring (bicyclic) bond motifs is 1. The number of carbonyl (C=O) groups excluding carboxylic acids is 2. The molecule has 3 aromatic rings. The van der Waals surface area contributed by atoms with Crippen molar-refractivity contribution in [2.24, 2.45) is 5.92 Å². The smallest absolute Gasteiger partial charge is 0.252 e. The number of hydrogen-bond donors (Lipinski definition) is 2. The van der Waals surface area contributed by atoms with Crippen LogP contribution in [0, 0.1) is 19.8 Å². The fourth-order valence-corrected chi connectivity index (χ4v) is 3.11. The maximum atomic E-state index is 12.9. The number of hydrogen-bond acceptors (Lipinski definition) is 4. The van der Waals surface area contributed by atoms with E-state index >= 15 is 0 Å². The largest absolute Gasteiger partial charge is 0.441 e. The van der Waals surface area contributed by atoms with Crippen molar-refractivity contribution in [1.82, 2.24) is 10.3 Å². The summed E-state index contributed by atoms with van der Waals surface area (Å²) in [5, 5.41) is 5.76.